The average molecular weight is 270 g/mol. The summed E-state index contributed by atoms with van der Waals surface area (Å²) in [5.41, 5.74) is 0. The van der Waals surface area contributed by atoms with Crippen molar-refractivity contribution < 1.29 is 4.74 Å². The second-order valence-electron chi connectivity index (χ2n) is 1.50. The minimum absolute atomic E-state index is 0.212. The van der Waals surface area contributed by atoms with Crippen LogP contribution in [0, 0.1) is 3.70 Å². The van der Waals surface area contributed by atoms with Gasteiger partial charge < -0.3 is 4.74 Å². The van der Waals surface area contributed by atoms with Crippen LogP contribution < -0.4 is 4.74 Å². The Morgan fingerprint density at radius 1 is 1.60 bits per heavy atom. The molecule has 0 aliphatic heterocycles. The molecule has 1 heterocycles. The lowest BCUT2D eigenvalue weighted by molar-refractivity contribution is 0.396. The summed E-state index contributed by atoms with van der Waals surface area (Å²) in [6.45, 7) is 0. The van der Waals surface area contributed by atoms with Gasteiger partial charge in [-0.25, -0.2) is 4.98 Å². The Bertz CT molecular complexity index is 223. The van der Waals surface area contributed by atoms with E-state index in [2.05, 4.69) is 9.97 Å². The Labute approximate surface area is 76.9 Å². The van der Waals surface area contributed by atoms with Gasteiger partial charge in [0.2, 0.25) is 11.2 Å². The van der Waals surface area contributed by atoms with E-state index in [1.165, 1.54) is 7.11 Å². The molecule has 3 nitrogen and oxygen atoms in total. The zero-order valence-electron chi connectivity index (χ0n) is 5.14. The summed E-state index contributed by atoms with van der Waals surface area (Å²) in [5, 5.41) is 0.212. The second-order valence-corrected chi connectivity index (χ2v) is 2.95. The largest absolute Gasteiger partial charge is 0.481 e. The fraction of sp³-hybridized carbons (Fsp3) is 0.200. The summed E-state index contributed by atoms with van der Waals surface area (Å²) in [7, 11) is 1.54. The van der Waals surface area contributed by atoms with Gasteiger partial charge in [0.1, 0.15) is 3.70 Å². The quantitative estimate of drug-likeness (QED) is 0.443. The van der Waals surface area contributed by atoms with Gasteiger partial charge in [-0.2, -0.15) is 4.98 Å². The second kappa shape index (κ2) is 3.34. The first-order valence-corrected chi connectivity index (χ1v) is 3.92. The number of rotatable bonds is 1. The van der Waals surface area contributed by atoms with E-state index in [0.29, 0.717) is 5.88 Å². The van der Waals surface area contributed by atoms with Crippen molar-refractivity contribution in [2.24, 2.45) is 0 Å². The molecule has 0 N–H and O–H groups in total. The molecule has 0 unspecified atom stereocenters. The number of halogens is 2. The van der Waals surface area contributed by atoms with Crippen LogP contribution in [0.4, 0.5) is 0 Å². The summed E-state index contributed by atoms with van der Waals surface area (Å²) in [6, 6.07) is 1.70. The molecule has 0 bridgehead atoms. The molecule has 1 rings (SSSR count). The van der Waals surface area contributed by atoms with Gasteiger partial charge in [-0.05, 0) is 34.2 Å². The van der Waals surface area contributed by atoms with E-state index in [0.717, 1.165) is 3.70 Å². The maximum absolute atomic E-state index is 5.52. The van der Waals surface area contributed by atoms with Crippen LogP contribution in [0.25, 0.3) is 0 Å². The highest BCUT2D eigenvalue weighted by molar-refractivity contribution is 14.1. The molecule has 0 radical (unpaired) electrons. The molecule has 1 aromatic rings. The van der Waals surface area contributed by atoms with E-state index in [-0.39, 0.29) is 5.28 Å². The lowest BCUT2D eigenvalue weighted by Crippen LogP contribution is -1.91. The third-order valence-corrected chi connectivity index (χ3v) is 1.57. The van der Waals surface area contributed by atoms with Crippen molar-refractivity contribution >= 4 is 34.2 Å². The van der Waals surface area contributed by atoms with Gasteiger partial charge in [-0.15, -0.1) is 0 Å². The van der Waals surface area contributed by atoms with E-state index in [1.807, 2.05) is 22.6 Å². The maximum Gasteiger partial charge on any atom is 0.226 e. The Morgan fingerprint density at radius 3 is 2.80 bits per heavy atom. The minimum atomic E-state index is 0.212. The molecule has 54 valence electrons. The molecule has 0 aliphatic rings. The molecule has 10 heavy (non-hydrogen) atoms. The summed E-state index contributed by atoms with van der Waals surface area (Å²) in [4.78, 5) is 7.62. The van der Waals surface area contributed by atoms with E-state index >= 15 is 0 Å². The van der Waals surface area contributed by atoms with E-state index in [1.54, 1.807) is 6.07 Å². The smallest absolute Gasteiger partial charge is 0.226 e. The van der Waals surface area contributed by atoms with Crippen molar-refractivity contribution in [1.29, 1.82) is 0 Å². The molecule has 0 spiro atoms. The highest BCUT2D eigenvalue weighted by Crippen LogP contribution is 2.12. The van der Waals surface area contributed by atoms with Crippen LogP contribution in [-0.2, 0) is 0 Å². The van der Waals surface area contributed by atoms with Crippen LogP contribution in [-0.4, -0.2) is 17.1 Å². The lowest BCUT2D eigenvalue weighted by atomic mass is 10.6. The fourth-order valence-electron chi connectivity index (χ4n) is 0.475. The van der Waals surface area contributed by atoms with Crippen LogP contribution >= 0.6 is 34.2 Å². The number of hydrogen-bond acceptors (Lipinski definition) is 3. The Balaban J connectivity index is 3.06. The van der Waals surface area contributed by atoms with Crippen LogP contribution in [0.3, 0.4) is 0 Å². The summed E-state index contributed by atoms with van der Waals surface area (Å²) in [6.07, 6.45) is 0. The normalized spacial score (nSPS) is 9.50. The topological polar surface area (TPSA) is 35.0 Å². The fourth-order valence-corrected chi connectivity index (χ4v) is 1.29. The van der Waals surface area contributed by atoms with Crippen molar-refractivity contribution in [2.45, 2.75) is 0 Å². The molecule has 0 aliphatic carbocycles. The van der Waals surface area contributed by atoms with Gasteiger partial charge in [-0.3, -0.25) is 0 Å². The van der Waals surface area contributed by atoms with Gasteiger partial charge in [0.05, 0.1) is 7.11 Å². The molecule has 0 aromatic carbocycles. The standard InChI is InChI=1S/C5H4ClIN2O/c1-10-4-2-3(7)8-5(6)9-4/h2H,1H3. The van der Waals surface area contributed by atoms with Crippen molar-refractivity contribution in [1.82, 2.24) is 9.97 Å². The number of ether oxygens (including phenoxy) is 1. The van der Waals surface area contributed by atoms with Crippen molar-refractivity contribution in [3.8, 4) is 5.88 Å². The minimum Gasteiger partial charge on any atom is -0.481 e. The number of nitrogens with zero attached hydrogens (tertiary/aromatic N) is 2. The van der Waals surface area contributed by atoms with E-state index in [4.69, 9.17) is 16.3 Å². The Hall–Kier alpha value is -0.100. The molecule has 1 aromatic heterocycles. The predicted octanol–water partition coefficient (Wildman–Crippen LogP) is 1.74. The number of aromatic nitrogens is 2. The highest BCUT2D eigenvalue weighted by Gasteiger charge is 1.98. The third-order valence-electron chi connectivity index (χ3n) is 0.853. The van der Waals surface area contributed by atoms with Crippen molar-refractivity contribution in [3.05, 3.63) is 15.1 Å². The average Bonchev–Trinajstić information content (AvgIpc) is 1.85. The first-order chi connectivity index (χ1) is 4.72. The van der Waals surface area contributed by atoms with Crippen LogP contribution in [0.15, 0.2) is 6.07 Å². The van der Waals surface area contributed by atoms with Crippen molar-refractivity contribution in [3.63, 3.8) is 0 Å². The van der Waals surface area contributed by atoms with Gasteiger partial charge >= 0.3 is 0 Å². The van der Waals surface area contributed by atoms with E-state index in [9.17, 15) is 0 Å². The first-order valence-electron chi connectivity index (χ1n) is 2.46. The summed E-state index contributed by atoms with van der Waals surface area (Å²) in [5.74, 6) is 0.490. The third kappa shape index (κ3) is 1.95. The molecule has 0 saturated heterocycles. The Kier molecular flexibility index (Phi) is 2.67. The number of methoxy groups -OCH3 is 1. The maximum atomic E-state index is 5.52. The molecule has 5 heteroatoms. The van der Waals surface area contributed by atoms with Gasteiger partial charge in [0.25, 0.3) is 0 Å². The van der Waals surface area contributed by atoms with Crippen molar-refractivity contribution in [2.75, 3.05) is 7.11 Å². The van der Waals surface area contributed by atoms with Gasteiger partial charge in [-0.1, -0.05) is 0 Å². The number of hydrogen-bond donors (Lipinski definition) is 0. The SMILES string of the molecule is COc1cc(I)nc(Cl)n1. The Morgan fingerprint density at radius 2 is 2.30 bits per heavy atom. The van der Waals surface area contributed by atoms with Gasteiger partial charge in [0, 0.05) is 6.07 Å². The summed E-state index contributed by atoms with van der Waals surface area (Å²) >= 11 is 7.56. The molecule has 0 atom stereocenters. The van der Waals surface area contributed by atoms with Crippen LogP contribution in [0.2, 0.25) is 5.28 Å². The summed E-state index contributed by atoms with van der Waals surface area (Å²) < 4.78 is 5.61. The predicted molar refractivity (Wildman–Crippen MR) is 46.3 cm³/mol. The molecular weight excluding hydrogens is 266 g/mol. The van der Waals surface area contributed by atoms with Crippen LogP contribution in [0.5, 0.6) is 5.88 Å². The van der Waals surface area contributed by atoms with Crippen LogP contribution in [0.1, 0.15) is 0 Å². The lowest BCUT2D eigenvalue weighted by Gasteiger charge is -1.97. The zero-order valence-corrected chi connectivity index (χ0v) is 8.05. The zero-order chi connectivity index (χ0) is 7.56. The van der Waals surface area contributed by atoms with E-state index < -0.39 is 0 Å². The molecule has 0 amide bonds. The monoisotopic (exact) mass is 270 g/mol. The highest BCUT2D eigenvalue weighted by atomic mass is 127. The first kappa shape index (κ1) is 8.00. The molecular formula is C5H4ClIN2O. The molecule has 0 fully saturated rings. The molecule has 0 saturated carbocycles. The van der Waals surface area contributed by atoms with Gasteiger partial charge in [0.15, 0.2) is 0 Å².